The van der Waals surface area contributed by atoms with E-state index in [0.717, 1.165) is 12.1 Å². The molecule has 2 nitrogen and oxygen atoms in total. The predicted octanol–water partition coefficient (Wildman–Crippen LogP) is 2.39. The van der Waals surface area contributed by atoms with Crippen molar-refractivity contribution in [3.63, 3.8) is 0 Å². The van der Waals surface area contributed by atoms with Crippen molar-refractivity contribution >= 4 is 10.8 Å². The highest BCUT2D eigenvalue weighted by Gasteiger charge is 2.02. The zero-order valence-electron chi connectivity index (χ0n) is 7.58. The summed E-state index contributed by atoms with van der Waals surface area (Å²) in [6.07, 6.45) is 0. The first-order chi connectivity index (χ1) is 6.58. The van der Waals surface area contributed by atoms with E-state index >= 15 is 0 Å². The van der Waals surface area contributed by atoms with Crippen LogP contribution >= 0.6 is 0 Å². The molecule has 0 aliphatic heterocycles. The molecule has 0 amide bonds. The molecule has 0 spiro atoms. The van der Waals surface area contributed by atoms with Crippen molar-refractivity contribution in [1.29, 1.82) is 0 Å². The fraction of sp³-hybridized carbons (Fsp3) is 0. The van der Waals surface area contributed by atoms with Gasteiger partial charge in [-0.25, -0.2) is 4.39 Å². The van der Waals surface area contributed by atoms with E-state index in [1.165, 1.54) is 12.1 Å². The molecule has 0 unspecified atom stereocenters. The summed E-state index contributed by atoms with van der Waals surface area (Å²) in [5, 5.41) is 19.3. The lowest BCUT2D eigenvalue weighted by molar-refractivity contribution is 0.455. The second-order valence-corrected chi connectivity index (χ2v) is 2.75. The molecule has 3 heteroatoms. The Kier molecular flexibility index (Phi) is 1.35. The third-order valence-electron chi connectivity index (χ3n) is 1.81. The quantitative estimate of drug-likeness (QED) is 0.651. The van der Waals surface area contributed by atoms with Crippen molar-refractivity contribution in [2.75, 3.05) is 0 Å². The average Bonchev–Trinajstić information content (AvgIpc) is 2.08. The van der Waals surface area contributed by atoms with Crippen LogP contribution in [-0.4, -0.2) is 10.2 Å². The normalized spacial score (nSPS) is 11.6. The largest absolute Gasteiger partial charge is 0.508 e. The van der Waals surface area contributed by atoms with E-state index in [0.29, 0.717) is 5.39 Å². The molecule has 0 atom stereocenters. The lowest BCUT2D eigenvalue weighted by Gasteiger charge is -2.01. The highest BCUT2D eigenvalue weighted by Crippen LogP contribution is 2.29. The van der Waals surface area contributed by atoms with Crippen molar-refractivity contribution < 1.29 is 16.0 Å². The van der Waals surface area contributed by atoms with Gasteiger partial charge in [-0.1, -0.05) is 6.07 Å². The van der Waals surface area contributed by atoms with Crippen LogP contribution in [0.2, 0.25) is 0 Å². The van der Waals surface area contributed by atoms with Gasteiger partial charge < -0.3 is 10.2 Å². The fourth-order valence-electron chi connectivity index (χ4n) is 1.24. The van der Waals surface area contributed by atoms with Crippen molar-refractivity contribution in [3.05, 3.63) is 36.1 Å². The standard InChI is InChI=1S/C10H7FO2/c11-7-2-1-6-3-8(12)5-10(13)9(6)4-7/h1-5,12-13H/i2D. The Hall–Kier alpha value is -1.77. The summed E-state index contributed by atoms with van der Waals surface area (Å²) in [7, 11) is 0. The zero-order chi connectivity index (χ0) is 10.3. The molecule has 0 radical (unpaired) electrons. The van der Waals surface area contributed by atoms with E-state index in [-0.39, 0.29) is 22.9 Å². The first-order valence-electron chi connectivity index (χ1n) is 4.20. The predicted molar refractivity (Wildman–Crippen MR) is 47.2 cm³/mol. The van der Waals surface area contributed by atoms with Gasteiger partial charge in [0.15, 0.2) is 0 Å². The monoisotopic (exact) mass is 179 g/mol. The van der Waals surface area contributed by atoms with Crippen molar-refractivity contribution in [2.24, 2.45) is 0 Å². The smallest absolute Gasteiger partial charge is 0.127 e. The maximum Gasteiger partial charge on any atom is 0.127 e. The van der Waals surface area contributed by atoms with Crippen LogP contribution in [0.4, 0.5) is 4.39 Å². The summed E-state index contributed by atoms with van der Waals surface area (Å²) < 4.78 is 20.2. The third kappa shape index (κ3) is 1.28. The minimum Gasteiger partial charge on any atom is -0.508 e. The molecule has 2 aromatic carbocycles. The number of rotatable bonds is 0. The van der Waals surface area contributed by atoms with Crippen LogP contribution < -0.4 is 0 Å². The van der Waals surface area contributed by atoms with Crippen LogP contribution in [0.25, 0.3) is 10.8 Å². The summed E-state index contributed by atoms with van der Waals surface area (Å²) in [5.74, 6) is -1.00. The molecule has 2 N–H and O–H groups in total. The van der Waals surface area contributed by atoms with Crippen molar-refractivity contribution in [3.8, 4) is 11.5 Å². The Bertz CT molecular complexity index is 511. The lowest BCUT2D eigenvalue weighted by Crippen LogP contribution is -1.77. The summed E-state index contributed by atoms with van der Waals surface area (Å²) in [6.45, 7) is 0. The number of fused-ring (bicyclic) bond motifs is 1. The number of aromatic hydroxyl groups is 2. The van der Waals surface area contributed by atoms with E-state index in [1.54, 1.807) is 0 Å². The molecule has 0 aromatic heterocycles. The SMILES string of the molecule is [2H]c1cc2cc(O)cc(O)c2cc1F. The first kappa shape index (κ1) is 6.71. The van der Waals surface area contributed by atoms with Gasteiger partial charge in [0.25, 0.3) is 0 Å². The molecule has 0 aliphatic rings. The molecule has 0 bridgehead atoms. The topological polar surface area (TPSA) is 40.5 Å². The second-order valence-electron chi connectivity index (χ2n) is 2.75. The number of phenolic OH excluding ortho intramolecular Hbond substituents is 2. The molecule has 0 fully saturated rings. The van der Waals surface area contributed by atoms with E-state index in [9.17, 15) is 9.50 Å². The highest BCUT2D eigenvalue weighted by molar-refractivity contribution is 5.89. The molecule has 13 heavy (non-hydrogen) atoms. The lowest BCUT2D eigenvalue weighted by atomic mass is 10.1. The fourth-order valence-corrected chi connectivity index (χ4v) is 1.24. The number of hydrogen-bond donors (Lipinski definition) is 2. The average molecular weight is 179 g/mol. The third-order valence-corrected chi connectivity index (χ3v) is 1.81. The van der Waals surface area contributed by atoms with Gasteiger partial charge in [0.2, 0.25) is 0 Å². The molecule has 0 saturated heterocycles. The minimum atomic E-state index is -0.696. The Morgan fingerprint density at radius 2 is 2.00 bits per heavy atom. The van der Waals surface area contributed by atoms with Crippen LogP contribution in [0.3, 0.4) is 0 Å². The van der Waals surface area contributed by atoms with Gasteiger partial charge in [0.1, 0.15) is 17.3 Å². The number of benzene rings is 2. The van der Waals surface area contributed by atoms with Gasteiger partial charge in [0.05, 0.1) is 1.37 Å². The van der Waals surface area contributed by atoms with Gasteiger partial charge >= 0.3 is 0 Å². The van der Waals surface area contributed by atoms with E-state index < -0.39 is 5.82 Å². The van der Waals surface area contributed by atoms with Crippen LogP contribution in [0.15, 0.2) is 30.3 Å². The molecule has 2 aromatic rings. The molecule has 66 valence electrons. The Labute approximate surface area is 75.3 Å². The van der Waals surface area contributed by atoms with E-state index in [2.05, 4.69) is 0 Å². The summed E-state index contributed by atoms with van der Waals surface area (Å²) in [4.78, 5) is 0. The first-order valence-corrected chi connectivity index (χ1v) is 3.70. The second kappa shape index (κ2) is 2.62. The van der Waals surface area contributed by atoms with Gasteiger partial charge in [-0.05, 0) is 23.6 Å². The van der Waals surface area contributed by atoms with Crippen molar-refractivity contribution in [1.82, 2.24) is 0 Å². The zero-order valence-corrected chi connectivity index (χ0v) is 6.58. The molecule has 0 aliphatic carbocycles. The van der Waals surface area contributed by atoms with Gasteiger partial charge in [-0.15, -0.1) is 0 Å². The minimum absolute atomic E-state index is 0.110. The Morgan fingerprint density at radius 1 is 1.23 bits per heavy atom. The maximum absolute atomic E-state index is 13.0. The van der Waals surface area contributed by atoms with Crippen LogP contribution in [0.5, 0.6) is 11.5 Å². The Morgan fingerprint density at radius 3 is 2.77 bits per heavy atom. The van der Waals surface area contributed by atoms with Crippen LogP contribution in [0, 0.1) is 5.82 Å². The number of phenols is 2. The summed E-state index contributed by atoms with van der Waals surface area (Å²) in [5.41, 5.74) is 0. The molecular formula is C10H7FO2. The molecule has 0 saturated carbocycles. The van der Waals surface area contributed by atoms with Crippen LogP contribution in [0.1, 0.15) is 1.37 Å². The van der Waals surface area contributed by atoms with Crippen LogP contribution in [-0.2, 0) is 0 Å². The van der Waals surface area contributed by atoms with Gasteiger partial charge in [0, 0.05) is 11.5 Å². The number of halogens is 1. The molecular weight excluding hydrogens is 171 g/mol. The summed E-state index contributed by atoms with van der Waals surface area (Å²) in [6, 6.07) is 4.57. The number of hydrogen-bond acceptors (Lipinski definition) is 2. The molecule has 0 heterocycles. The maximum atomic E-state index is 13.0. The highest BCUT2D eigenvalue weighted by atomic mass is 19.1. The summed E-state index contributed by atoms with van der Waals surface area (Å²) >= 11 is 0. The van der Waals surface area contributed by atoms with E-state index in [4.69, 9.17) is 6.48 Å². The van der Waals surface area contributed by atoms with Gasteiger partial charge in [-0.2, -0.15) is 0 Å². The van der Waals surface area contributed by atoms with Gasteiger partial charge in [-0.3, -0.25) is 0 Å². The Balaban J connectivity index is 2.89. The van der Waals surface area contributed by atoms with Crippen molar-refractivity contribution in [2.45, 2.75) is 0 Å². The molecule has 2 rings (SSSR count). The van der Waals surface area contributed by atoms with E-state index in [1.807, 2.05) is 0 Å².